The number of nitrogens with zero attached hydrogens (tertiary/aromatic N) is 4. The first-order chi connectivity index (χ1) is 18.7. The number of carbonyl (C=O) groups is 1. The highest BCUT2D eigenvalue weighted by molar-refractivity contribution is 7.99. The number of rotatable bonds is 11. The second-order valence-electron chi connectivity index (χ2n) is 8.11. The lowest BCUT2D eigenvalue weighted by Crippen LogP contribution is -2.14. The van der Waals surface area contributed by atoms with Gasteiger partial charge in [0, 0.05) is 34.6 Å². The summed E-state index contributed by atoms with van der Waals surface area (Å²) >= 11 is 8.48. The summed E-state index contributed by atoms with van der Waals surface area (Å²) in [6.45, 7) is 6.74. The molecule has 0 atom stereocenters. The van der Waals surface area contributed by atoms with Crippen molar-refractivity contribution >= 4 is 45.7 Å². The topological polar surface area (TPSA) is 81.9 Å². The molecule has 0 radical (unpaired) electrons. The van der Waals surface area contributed by atoms with Gasteiger partial charge in [0.2, 0.25) is 5.91 Å². The van der Waals surface area contributed by atoms with Crippen LogP contribution in [0.5, 0.6) is 5.75 Å². The van der Waals surface area contributed by atoms with Crippen molar-refractivity contribution in [3.8, 4) is 17.1 Å². The van der Waals surface area contributed by atoms with Crippen LogP contribution in [-0.2, 0) is 23.9 Å². The molecule has 1 amide bonds. The molecule has 7 nitrogen and oxygen atoms in total. The number of halogens is 4. The number of alkyl halides is 3. The van der Waals surface area contributed by atoms with E-state index in [1.54, 1.807) is 6.08 Å². The van der Waals surface area contributed by atoms with E-state index in [0.29, 0.717) is 39.7 Å². The summed E-state index contributed by atoms with van der Waals surface area (Å²) in [5, 5.41) is 12.4. The lowest BCUT2D eigenvalue weighted by Gasteiger charge is -2.09. The summed E-state index contributed by atoms with van der Waals surface area (Å²) in [5.41, 5.74) is 0.403. The first kappa shape index (κ1) is 28.7. The van der Waals surface area contributed by atoms with Gasteiger partial charge in [-0.05, 0) is 55.0 Å². The standard InChI is InChI=1S/C26H23ClF3N5O2S2/c1-3-11-35-23(16-5-8-19(9-6-16)37-4-2)33-34-25(35)38-15-22(36)32-24-31-14-20(39-24)13-17-12-18(26(28,29)30)7-10-21(17)27/h3,5-10,12,14H,1,4,11,13,15H2,2H3,(H,31,32,36). The van der Waals surface area contributed by atoms with E-state index in [1.807, 2.05) is 35.8 Å². The molecule has 0 saturated carbocycles. The van der Waals surface area contributed by atoms with Crippen LogP contribution in [0.4, 0.5) is 18.3 Å². The summed E-state index contributed by atoms with van der Waals surface area (Å²) in [7, 11) is 0. The average Bonchev–Trinajstić information content (AvgIpc) is 3.51. The van der Waals surface area contributed by atoms with Crippen LogP contribution in [0.3, 0.4) is 0 Å². The molecule has 0 aliphatic rings. The quantitative estimate of drug-likeness (QED) is 0.149. The van der Waals surface area contributed by atoms with E-state index in [1.165, 1.54) is 35.4 Å². The van der Waals surface area contributed by atoms with E-state index in [-0.39, 0.29) is 23.1 Å². The van der Waals surface area contributed by atoms with Gasteiger partial charge in [-0.2, -0.15) is 13.2 Å². The smallest absolute Gasteiger partial charge is 0.416 e. The maximum absolute atomic E-state index is 13.1. The molecule has 0 bridgehead atoms. The second kappa shape index (κ2) is 12.7. The van der Waals surface area contributed by atoms with Crippen molar-refractivity contribution in [1.82, 2.24) is 19.7 Å². The van der Waals surface area contributed by atoms with Crippen molar-refractivity contribution in [3.05, 3.63) is 82.3 Å². The Balaban J connectivity index is 1.38. The summed E-state index contributed by atoms with van der Waals surface area (Å²) in [6.07, 6.45) is -1.08. The molecule has 2 heterocycles. The van der Waals surface area contributed by atoms with Crippen molar-refractivity contribution in [2.45, 2.75) is 31.2 Å². The Morgan fingerprint density at radius 1 is 1.23 bits per heavy atom. The number of carbonyl (C=O) groups excluding carboxylic acids is 1. The third-order valence-corrected chi connectivity index (χ3v) is 7.57. The second-order valence-corrected chi connectivity index (χ2v) is 10.6. The van der Waals surface area contributed by atoms with Gasteiger partial charge in [0.25, 0.3) is 0 Å². The highest BCUT2D eigenvalue weighted by Crippen LogP contribution is 2.33. The molecule has 13 heteroatoms. The Bertz CT molecular complexity index is 1450. The van der Waals surface area contributed by atoms with Crippen LogP contribution in [0, 0.1) is 0 Å². The number of thiazole rings is 1. The van der Waals surface area contributed by atoms with E-state index in [2.05, 4.69) is 27.1 Å². The van der Waals surface area contributed by atoms with Gasteiger partial charge in [-0.25, -0.2) is 4.98 Å². The maximum Gasteiger partial charge on any atom is 0.416 e. The molecule has 39 heavy (non-hydrogen) atoms. The van der Waals surface area contributed by atoms with Gasteiger partial charge < -0.3 is 10.1 Å². The molecular weight excluding hydrogens is 571 g/mol. The van der Waals surface area contributed by atoms with Crippen LogP contribution >= 0.6 is 34.7 Å². The minimum absolute atomic E-state index is 0.0485. The third-order valence-electron chi connectivity index (χ3n) is 5.32. The molecule has 204 valence electrons. The molecule has 4 aromatic rings. The number of benzene rings is 2. The normalized spacial score (nSPS) is 11.4. The third kappa shape index (κ3) is 7.40. The molecule has 0 spiro atoms. The van der Waals surface area contributed by atoms with Gasteiger partial charge in [-0.3, -0.25) is 9.36 Å². The number of ether oxygens (including phenoxy) is 1. The predicted octanol–water partition coefficient (Wildman–Crippen LogP) is 6.98. The maximum atomic E-state index is 13.1. The van der Waals surface area contributed by atoms with E-state index in [4.69, 9.17) is 16.3 Å². The Hall–Kier alpha value is -3.35. The number of aromatic nitrogens is 4. The average molecular weight is 594 g/mol. The first-order valence-electron chi connectivity index (χ1n) is 11.7. The number of thioether (sulfide) groups is 1. The summed E-state index contributed by atoms with van der Waals surface area (Å²) in [5.74, 6) is 1.13. The molecule has 0 aliphatic carbocycles. The molecule has 0 fully saturated rings. The summed E-state index contributed by atoms with van der Waals surface area (Å²) in [6, 6.07) is 10.7. The molecular formula is C26H23ClF3N5O2S2. The van der Waals surface area contributed by atoms with Crippen molar-refractivity contribution in [2.75, 3.05) is 17.7 Å². The largest absolute Gasteiger partial charge is 0.494 e. The molecule has 2 aromatic carbocycles. The van der Waals surface area contributed by atoms with Crippen molar-refractivity contribution in [1.29, 1.82) is 0 Å². The van der Waals surface area contributed by atoms with Crippen LogP contribution in [-0.4, -0.2) is 38.0 Å². The van der Waals surface area contributed by atoms with Gasteiger partial charge >= 0.3 is 6.18 Å². The first-order valence-corrected chi connectivity index (χ1v) is 13.9. The fourth-order valence-electron chi connectivity index (χ4n) is 3.58. The van der Waals surface area contributed by atoms with E-state index in [9.17, 15) is 18.0 Å². The van der Waals surface area contributed by atoms with Gasteiger partial charge in [0.05, 0.1) is 17.9 Å². The number of anilines is 1. The van der Waals surface area contributed by atoms with Crippen molar-refractivity contribution in [2.24, 2.45) is 0 Å². The number of allylic oxidation sites excluding steroid dienone is 1. The number of amides is 1. The Morgan fingerprint density at radius 2 is 2.00 bits per heavy atom. The molecule has 1 N–H and O–H groups in total. The van der Waals surface area contributed by atoms with Crippen LogP contribution in [0.15, 0.2) is 66.5 Å². The van der Waals surface area contributed by atoms with Crippen molar-refractivity contribution in [3.63, 3.8) is 0 Å². The molecule has 0 saturated heterocycles. The van der Waals surface area contributed by atoms with E-state index < -0.39 is 11.7 Å². The van der Waals surface area contributed by atoms with Crippen LogP contribution in [0.1, 0.15) is 22.9 Å². The number of hydrogen-bond acceptors (Lipinski definition) is 7. The lowest BCUT2D eigenvalue weighted by molar-refractivity contribution is -0.137. The van der Waals surface area contributed by atoms with Crippen LogP contribution in [0.2, 0.25) is 5.02 Å². The SMILES string of the molecule is C=CCn1c(SCC(=O)Nc2ncc(Cc3cc(C(F)(F)F)ccc3Cl)s2)nnc1-c1ccc(OCC)cc1. The van der Waals surface area contributed by atoms with E-state index in [0.717, 1.165) is 23.4 Å². The van der Waals surface area contributed by atoms with Gasteiger partial charge in [-0.1, -0.05) is 29.4 Å². The number of nitrogens with one attached hydrogen (secondary N) is 1. The molecule has 0 unspecified atom stereocenters. The lowest BCUT2D eigenvalue weighted by atomic mass is 10.1. The van der Waals surface area contributed by atoms with Gasteiger partial charge in [-0.15, -0.1) is 28.1 Å². The van der Waals surface area contributed by atoms with E-state index >= 15 is 0 Å². The summed E-state index contributed by atoms with van der Waals surface area (Å²) in [4.78, 5) is 17.4. The highest BCUT2D eigenvalue weighted by atomic mass is 35.5. The Labute approximate surface area is 236 Å². The number of hydrogen-bond donors (Lipinski definition) is 1. The van der Waals surface area contributed by atoms with Crippen LogP contribution < -0.4 is 10.1 Å². The Morgan fingerprint density at radius 3 is 2.69 bits per heavy atom. The Kier molecular flexibility index (Phi) is 9.31. The fourth-order valence-corrected chi connectivity index (χ4v) is 5.36. The van der Waals surface area contributed by atoms with Gasteiger partial charge in [0.15, 0.2) is 16.1 Å². The zero-order valence-corrected chi connectivity index (χ0v) is 23.1. The molecule has 2 aromatic heterocycles. The monoisotopic (exact) mass is 593 g/mol. The fraction of sp³-hybridized carbons (Fsp3) is 0.231. The minimum Gasteiger partial charge on any atom is -0.494 e. The van der Waals surface area contributed by atoms with Gasteiger partial charge in [0.1, 0.15) is 5.75 Å². The molecule has 0 aliphatic heterocycles. The minimum atomic E-state index is -4.46. The van der Waals surface area contributed by atoms with Crippen molar-refractivity contribution < 1.29 is 22.7 Å². The zero-order chi connectivity index (χ0) is 28.0. The highest BCUT2D eigenvalue weighted by Gasteiger charge is 2.31. The van der Waals surface area contributed by atoms with Crippen LogP contribution in [0.25, 0.3) is 11.4 Å². The summed E-state index contributed by atoms with van der Waals surface area (Å²) < 4.78 is 46.5. The predicted molar refractivity (Wildman–Crippen MR) is 148 cm³/mol. The molecule has 4 rings (SSSR count). The zero-order valence-electron chi connectivity index (χ0n) is 20.7.